The van der Waals surface area contributed by atoms with Crippen LogP contribution in [-0.4, -0.2) is 57.3 Å². The minimum atomic E-state index is -2.78. The fraction of sp³-hybridized carbons (Fsp3) is 0.865. The molecule has 0 aromatic rings. The Balaban J connectivity index is 1.37. The lowest BCUT2D eigenvalue weighted by atomic mass is 9.34. The monoisotopic (exact) mass is 629 g/mol. The molecule has 0 unspecified atom stereocenters. The van der Waals surface area contributed by atoms with Crippen LogP contribution in [0.4, 0.5) is 0 Å². The standard InChI is InChI=1S/C37H59NO5S/c1-25(40)43-30-12-13-34(6)28(33(30,4)5)11-14-36(8)29(34)10-9-26-27-23-32(2,3)15-17-37(27,18-16-35(26,36)7)31(41)38-19-21-44(42,24-39)22-20-38/h24,28-30,44H,9-23H2,1-8H3/t28-,29+,30-,34-,35+,36+,37-/m0/s1. The Kier molecular flexibility index (Phi) is 7.56. The zero-order valence-electron chi connectivity index (χ0n) is 28.9. The van der Waals surface area contributed by atoms with E-state index in [1.54, 1.807) is 12.5 Å². The molecule has 4 saturated carbocycles. The molecule has 6 nitrogen and oxygen atoms in total. The van der Waals surface area contributed by atoms with Gasteiger partial charge >= 0.3 is 5.97 Å². The molecule has 7 heteroatoms. The first-order valence-electron chi connectivity index (χ1n) is 17.6. The van der Waals surface area contributed by atoms with Gasteiger partial charge in [-0.25, -0.2) is 0 Å². The first-order chi connectivity index (χ1) is 20.4. The SMILES string of the molecule is CC(=O)O[C@H]1CC[C@]2(C)[C@H]3CCC4=C5CC(C)(C)CC[C@]5(C(=O)N5CC[SH](=O)(C=O)CC5)CC[C@@]4(C)[C@]3(C)CC[C@H]2C1(C)C. The van der Waals surface area contributed by atoms with Crippen molar-refractivity contribution in [3.8, 4) is 0 Å². The van der Waals surface area contributed by atoms with Gasteiger partial charge in [-0.15, -0.1) is 0 Å². The highest BCUT2D eigenvalue weighted by Gasteiger charge is 2.68. The van der Waals surface area contributed by atoms with Gasteiger partial charge in [0.05, 0.1) is 5.41 Å². The number of rotatable bonds is 3. The van der Waals surface area contributed by atoms with Gasteiger partial charge in [0, 0.05) is 36.9 Å². The molecular formula is C37H59NO5S. The van der Waals surface area contributed by atoms with E-state index in [9.17, 15) is 18.6 Å². The molecule has 5 fully saturated rings. The van der Waals surface area contributed by atoms with Gasteiger partial charge in [0.25, 0.3) is 0 Å². The van der Waals surface area contributed by atoms with Crippen LogP contribution in [0.3, 0.4) is 0 Å². The molecule has 5 aliphatic carbocycles. The molecule has 44 heavy (non-hydrogen) atoms. The van der Waals surface area contributed by atoms with Gasteiger partial charge in [-0.1, -0.05) is 59.6 Å². The molecule has 6 rings (SSSR count). The molecule has 0 radical (unpaired) electrons. The number of amides is 1. The maximum atomic E-state index is 14.7. The fourth-order valence-electron chi connectivity index (χ4n) is 12.4. The second-order valence-electron chi connectivity index (χ2n) is 18.1. The van der Waals surface area contributed by atoms with Crippen molar-refractivity contribution >= 4 is 27.4 Å². The molecule has 1 saturated heterocycles. The lowest BCUT2D eigenvalue weighted by Gasteiger charge is -2.71. The average molecular weight is 630 g/mol. The minimum Gasteiger partial charge on any atom is -0.462 e. The number of nitrogens with zero attached hydrogens (tertiary/aromatic N) is 1. The van der Waals surface area contributed by atoms with Crippen LogP contribution in [0.2, 0.25) is 0 Å². The predicted molar refractivity (Wildman–Crippen MR) is 177 cm³/mol. The molecule has 6 aliphatic rings. The van der Waals surface area contributed by atoms with Crippen molar-refractivity contribution in [1.29, 1.82) is 0 Å². The largest absolute Gasteiger partial charge is 0.462 e. The van der Waals surface area contributed by atoms with Crippen LogP contribution in [0.25, 0.3) is 0 Å². The topological polar surface area (TPSA) is 80.8 Å². The lowest BCUT2D eigenvalue weighted by Crippen LogP contribution is -2.65. The van der Waals surface area contributed by atoms with E-state index in [1.165, 1.54) is 18.4 Å². The summed E-state index contributed by atoms with van der Waals surface area (Å²) >= 11 is 0. The molecule has 1 aliphatic heterocycles. The number of ether oxygens (including phenoxy) is 1. The summed E-state index contributed by atoms with van der Waals surface area (Å²) in [6, 6.07) is 0. The zero-order valence-corrected chi connectivity index (χ0v) is 29.7. The summed E-state index contributed by atoms with van der Waals surface area (Å²) in [7, 11) is -2.78. The highest BCUT2D eigenvalue weighted by Crippen LogP contribution is 2.75. The van der Waals surface area contributed by atoms with E-state index in [1.807, 2.05) is 4.90 Å². The van der Waals surface area contributed by atoms with Gasteiger partial charge in [-0.2, -0.15) is 0 Å². The van der Waals surface area contributed by atoms with Gasteiger partial charge < -0.3 is 9.64 Å². The number of carbonyl (C=O) groups excluding carboxylic acids is 3. The van der Waals surface area contributed by atoms with Crippen LogP contribution >= 0.6 is 0 Å². The Morgan fingerprint density at radius 2 is 1.50 bits per heavy atom. The smallest absolute Gasteiger partial charge is 0.302 e. The summed E-state index contributed by atoms with van der Waals surface area (Å²) in [5.74, 6) is 1.88. The van der Waals surface area contributed by atoms with E-state index in [0.717, 1.165) is 57.8 Å². The maximum absolute atomic E-state index is 14.7. The van der Waals surface area contributed by atoms with E-state index < -0.39 is 15.3 Å². The van der Waals surface area contributed by atoms with Crippen molar-refractivity contribution < 1.29 is 23.3 Å². The summed E-state index contributed by atoms with van der Waals surface area (Å²) in [5, 5.41) is 0. The number of esters is 1. The van der Waals surface area contributed by atoms with Gasteiger partial charge in [-0.05, 0) is 114 Å². The molecule has 0 aromatic carbocycles. The average Bonchev–Trinajstić information content (AvgIpc) is 2.94. The molecule has 0 N–H and O–H groups in total. The van der Waals surface area contributed by atoms with E-state index in [-0.39, 0.29) is 45.1 Å². The first kappa shape index (κ1) is 32.4. The third-order valence-electron chi connectivity index (χ3n) is 15.2. The summed E-state index contributed by atoms with van der Waals surface area (Å²) in [6.45, 7) is 19.7. The fourth-order valence-corrected chi connectivity index (χ4v) is 14.0. The second kappa shape index (κ2) is 10.2. The van der Waals surface area contributed by atoms with Crippen molar-refractivity contribution in [3.05, 3.63) is 11.1 Å². The van der Waals surface area contributed by atoms with Crippen molar-refractivity contribution in [2.75, 3.05) is 24.6 Å². The van der Waals surface area contributed by atoms with E-state index >= 15 is 0 Å². The van der Waals surface area contributed by atoms with Crippen LogP contribution in [0.1, 0.15) is 126 Å². The first-order valence-corrected chi connectivity index (χ1v) is 19.8. The second-order valence-corrected chi connectivity index (χ2v) is 21.1. The van der Waals surface area contributed by atoms with Crippen molar-refractivity contribution in [2.24, 2.45) is 44.3 Å². The molecule has 1 heterocycles. The summed E-state index contributed by atoms with van der Waals surface area (Å²) in [5.41, 5.74) is 3.82. The number of carbonyl (C=O) groups is 3. The minimum absolute atomic E-state index is 0.0136. The van der Waals surface area contributed by atoms with Crippen LogP contribution in [0.5, 0.6) is 0 Å². The van der Waals surface area contributed by atoms with E-state index in [2.05, 4.69) is 48.5 Å². The van der Waals surface area contributed by atoms with E-state index in [0.29, 0.717) is 42.0 Å². The normalized spacial score (nSPS) is 44.6. The lowest BCUT2D eigenvalue weighted by molar-refractivity contribution is -0.213. The van der Waals surface area contributed by atoms with Crippen LogP contribution in [-0.2, 0) is 29.1 Å². The number of fused-ring (bicyclic) bond motifs is 6. The van der Waals surface area contributed by atoms with Crippen LogP contribution < -0.4 is 0 Å². The molecule has 7 atom stereocenters. The Morgan fingerprint density at radius 3 is 2.14 bits per heavy atom. The third-order valence-corrected chi connectivity index (χ3v) is 17.5. The quantitative estimate of drug-likeness (QED) is 0.159. The third kappa shape index (κ3) is 4.50. The summed E-state index contributed by atoms with van der Waals surface area (Å²) < 4.78 is 18.7. The Labute approximate surface area is 267 Å². The number of allylic oxidation sites excluding steroid dienone is 1. The number of thiol groups is 1. The number of hydrogen-bond acceptors (Lipinski definition) is 5. The molecule has 0 spiro atoms. The molecule has 1 amide bonds. The molecular weight excluding hydrogens is 570 g/mol. The predicted octanol–water partition coefficient (Wildman–Crippen LogP) is 6.91. The summed E-state index contributed by atoms with van der Waals surface area (Å²) in [4.78, 5) is 40.2. The highest BCUT2D eigenvalue weighted by atomic mass is 32.2. The molecule has 0 bridgehead atoms. The molecule has 248 valence electrons. The zero-order chi connectivity index (χ0) is 32.1. The van der Waals surface area contributed by atoms with Crippen LogP contribution in [0.15, 0.2) is 11.1 Å². The summed E-state index contributed by atoms with van der Waals surface area (Å²) in [6.07, 6.45) is 11.5. The Hall–Kier alpha value is -1.50. The van der Waals surface area contributed by atoms with Gasteiger partial charge in [-0.3, -0.25) is 18.6 Å². The van der Waals surface area contributed by atoms with Gasteiger partial charge in [0.15, 0.2) is 5.62 Å². The number of hydrogen-bond donors (Lipinski definition) is 1. The van der Waals surface area contributed by atoms with Gasteiger partial charge in [0.1, 0.15) is 6.10 Å². The maximum Gasteiger partial charge on any atom is 0.302 e. The Morgan fingerprint density at radius 1 is 0.841 bits per heavy atom. The molecule has 0 aromatic heterocycles. The van der Waals surface area contributed by atoms with Crippen molar-refractivity contribution in [1.82, 2.24) is 4.90 Å². The Bertz CT molecular complexity index is 1320. The van der Waals surface area contributed by atoms with Crippen molar-refractivity contribution in [2.45, 2.75) is 132 Å². The van der Waals surface area contributed by atoms with Crippen LogP contribution in [0, 0.1) is 44.3 Å². The van der Waals surface area contributed by atoms with Crippen molar-refractivity contribution in [3.63, 3.8) is 0 Å². The highest BCUT2D eigenvalue weighted by molar-refractivity contribution is 8.14. The van der Waals surface area contributed by atoms with E-state index in [4.69, 9.17) is 4.74 Å². The van der Waals surface area contributed by atoms with Gasteiger partial charge in [0.2, 0.25) is 5.91 Å².